The molecule has 0 saturated heterocycles. The lowest BCUT2D eigenvalue weighted by Crippen LogP contribution is -2.12. The Kier molecular flexibility index (Phi) is 3.46. The van der Waals surface area contributed by atoms with E-state index in [0.29, 0.717) is 0 Å². The SMILES string of the molecule is CN(C)c1ccnc(-c2cccnc2N(C)C)c1. The van der Waals surface area contributed by atoms with E-state index in [4.69, 9.17) is 0 Å². The van der Waals surface area contributed by atoms with E-state index < -0.39 is 0 Å². The van der Waals surface area contributed by atoms with E-state index in [1.54, 1.807) is 6.20 Å². The van der Waals surface area contributed by atoms with Crippen LogP contribution in [-0.2, 0) is 0 Å². The Hall–Kier alpha value is -2.10. The topological polar surface area (TPSA) is 32.3 Å². The summed E-state index contributed by atoms with van der Waals surface area (Å²) in [4.78, 5) is 12.9. The molecule has 2 heterocycles. The largest absolute Gasteiger partial charge is 0.378 e. The molecule has 2 aromatic rings. The van der Waals surface area contributed by atoms with Gasteiger partial charge in [-0.15, -0.1) is 0 Å². The summed E-state index contributed by atoms with van der Waals surface area (Å²) in [5, 5.41) is 0. The van der Waals surface area contributed by atoms with E-state index in [-0.39, 0.29) is 0 Å². The lowest BCUT2D eigenvalue weighted by Gasteiger charge is -2.17. The molecule has 0 saturated carbocycles. The zero-order valence-corrected chi connectivity index (χ0v) is 11.3. The summed E-state index contributed by atoms with van der Waals surface area (Å²) in [7, 11) is 8.02. The third kappa shape index (κ3) is 2.42. The van der Waals surface area contributed by atoms with Crippen LogP contribution in [0.2, 0.25) is 0 Å². The van der Waals surface area contributed by atoms with Crippen molar-refractivity contribution < 1.29 is 0 Å². The van der Waals surface area contributed by atoms with Crippen molar-refractivity contribution in [1.82, 2.24) is 9.97 Å². The fraction of sp³-hybridized carbons (Fsp3) is 0.286. The quantitative estimate of drug-likeness (QED) is 0.826. The van der Waals surface area contributed by atoms with Gasteiger partial charge in [-0.1, -0.05) is 0 Å². The molecule has 0 aliphatic carbocycles. The van der Waals surface area contributed by atoms with Gasteiger partial charge in [-0.25, -0.2) is 4.98 Å². The lowest BCUT2D eigenvalue weighted by atomic mass is 10.1. The molecule has 0 aliphatic heterocycles. The van der Waals surface area contributed by atoms with Crippen LogP contribution in [0.15, 0.2) is 36.7 Å². The monoisotopic (exact) mass is 242 g/mol. The summed E-state index contributed by atoms with van der Waals surface area (Å²) in [6.45, 7) is 0. The van der Waals surface area contributed by atoms with Crippen molar-refractivity contribution in [3.05, 3.63) is 36.7 Å². The molecule has 0 unspecified atom stereocenters. The fourth-order valence-electron chi connectivity index (χ4n) is 1.80. The van der Waals surface area contributed by atoms with Crippen LogP contribution in [-0.4, -0.2) is 38.2 Å². The van der Waals surface area contributed by atoms with Gasteiger partial charge in [0.1, 0.15) is 5.82 Å². The van der Waals surface area contributed by atoms with Crippen molar-refractivity contribution >= 4 is 11.5 Å². The Morgan fingerprint density at radius 3 is 2.33 bits per heavy atom. The predicted molar refractivity (Wildman–Crippen MR) is 76.1 cm³/mol. The molecule has 0 aromatic carbocycles. The molecule has 0 spiro atoms. The maximum atomic E-state index is 4.44. The van der Waals surface area contributed by atoms with Gasteiger partial charge in [0.05, 0.1) is 5.69 Å². The van der Waals surface area contributed by atoms with E-state index in [2.05, 4.69) is 20.9 Å². The van der Waals surface area contributed by atoms with E-state index in [1.807, 2.05) is 57.5 Å². The van der Waals surface area contributed by atoms with Crippen molar-refractivity contribution in [2.24, 2.45) is 0 Å². The Bertz CT molecular complexity index is 535. The van der Waals surface area contributed by atoms with Crippen LogP contribution in [0.3, 0.4) is 0 Å². The van der Waals surface area contributed by atoms with Crippen LogP contribution in [0.1, 0.15) is 0 Å². The number of rotatable bonds is 3. The minimum absolute atomic E-state index is 0.931. The molecule has 0 amide bonds. The zero-order valence-electron chi connectivity index (χ0n) is 11.3. The molecule has 94 valence electrons. The highest BCUT2D eigenvalue weighted by molar-refractivity contribution is 5.74. The van der Waals surface area contributed by atoms with Crippen LogP contribution in [0.4, 0.5) is 11.5 Å². The molecule has 0 N–H and O–H groups in total. The summed E-state index contributed by atoms with van der Waals surface area (Å²) in [5.41, 5.74) is 3.12. The summed E-state index contributed by atoms with van der Waals surface area (Å²) in [6.07, 6.45) is 3.63. The van der Waals surface area contributed by atoms with E-state index in [9.17, 15) is 0 Å². The van der Waals surface area contributed by atoms with E-state index in [1.165, 1.54) is 0 Å². The number of anilines is 2. The Morgan fingerprint density at radius 2 is 1.67 bits per heavy atom. The normalized spacial score (nSPS) is 10.2. The predicted octanol–water partition coefficient (Wildman–Crippen LogP) is 2.28. The standard InChI is InChI=1S/C14H18N4/c1-17(2)11-7-9-15-13(10-11)12-6-5-8-16-14(12)18(3)4/h5-10H,1-4H3. The lowest BCUT2D eigenvalue weighted by molar-refractivity contribution is 1.06. The first kappa shape index (κ1) is 12.4. The molecular weight excluding hydrogens is 224 g/mol. The average Bonchev–Trinajstić information content (AvgIpc) is 2.39. The van der Waals surface area contributed by atoms with Crippen molar-refractivity contribution in [3.63, 3.8) is 0 Å². The van der Waals surface area contributed by atoms with Crippen molar-refractivity contribution in [1.29, 1.82) is 0 Å². The summed E-state index contributed by atoms with van der Waals surface area (Å²) < 4.78 is 0. The number of hydrogen-bond donors (Lipinski definition) is 0. The van der Waals surface area contributed by atoms with Gasteiger partial charge in [0.15, 0.2) is 0 Å². The molecule has 0 aliphatic rings. The van der Waals surface area contributed by atoms with E-state index >= 15 is 0 Å². The molecule has 2 rings (SSSR count). The molecule has 0 atom stereocenters. The number of pyridine rings is 2. The number of nitrogens with zero attached hydrogens (tertiary/aromatic N) is 4. The fourth-order valence-corrected chi connectivity index (χ4v) is 1.80. The van der Waals surface area contributed by atoms with Crippen LogP contribution in [0, 0.1) is 0 Å². The van der Waals surface area contributed by atoms with Crippen molar-refractivity contribution in [2.75, 3.05) is 38.0 Å². The Morgan fingerprint density at radius 1 is 0.889 bits per heavy atom. The molecule has 4 heteroatoms. The first-order chi connectivity index (χ1) is 8.59. The maximum absolute atomic E-state index is 4.44. The second-order valence-corrected chi connectivity index (χ2v) is 4.56. The molecule has 2 aromatic heterocycles. The number of aromatic nitrogens is 2. The van der Waals surface area contributed by atoms with Crippen LogP contribution in [0.25, 0.3) is 11.3 Å². The van der Waals surface area contributed by atoms with Crippen molar-refractivity contribution in [3.8, 4) is 11.3 Å². The smallest absolute Gasteiger partial charge is 0.137 e. The van der Waals surface area contributed by atoms with Gasteiger partial charge < -0.3 is 9.80 Å². The van der Waals surface area contributed by atoms with Crippen LogP contribution < -0.4 is 9.80 Å². The number of hydrogen-bond acceptors (Lipinski definition) is 4. The van der Waals surface area contributed by atoms with Gasteiger partial charge in [0.2, 0.25) is 0 Å². The molecular formula is C14H18N4. The summed E-state index contributed by atoms with van der Waals surface area (Å²) >= 11 is 0. The van der Waals surface area contributed by atoms with Gasteiger partial charge in [-0.3, -0.25) is 4.98 Å². The average molecular weight is 242 g/mol. The highest BCUT2D eigenvalue weighted by Gasteiger charge is 2.09. The highest BCUT2D eigenvalue weighted by Crippen LogP contribution is 2.27. The molecule has 18 heavy (non-hydrogen) atoms. The second-order valence-electron chi connectivity index (χ2n) is 4.56. The third-order valence-corrected chi connectivity index (χ3v) is 2.75. The summed E-state index contributed by atoms with van der Waals surface area (Å²) in [5.74, 6) is 0.931. The molecule has 0 radical (unpaired) electrons. The van der Waals surface area contributed by atoms with Crippen LogP contribution in [0.5, 0.6) is 0 Å². The third-order valence-electron chi connectivity index (χ3n) is 2.75. The minimum atomic E-state index is 0.931. The van der Waals surface area contributed by atoms with Crippen LogP contribution >= 0.6 is 0 Å². The van der Waals surface area contributed by atoms with Gasteiger partial charge >= 0.3 is 0 Å². The highest BCUT2D eigenvalue weighted by atomic mass is 15.1. The van der Waals surface area contributed by atoms with Gasteiger partial charge in [0.25, 0.3) is 0 Å². The van der Waals surface area contributed by atoms with Gasteiger partial charge in [0, 0.05) is 51.8 Å². The first-order valence-corrected chi connectivity index (χ1v) is 5.85. The van der Waals surface area contributed by atoms with E-state index in [0.717, 1.165) is 22.8 Å². The second kappa shape index (κ2) is 5.04. The minimum Gasteiger partial charge on any atom is -0.378 e. The molecule has 0 fully saturated rings. The Balaban J connectivity index is 2.52. The van der Waals surface area contributed by atoms with Gasteiger partial charge in [-0.2, -0.15) is 0 Å². The Labute approximate surface area is 108 Å². The van der Waals surface area contributed by atoms with Gasteiger partial charge in [-0.05, 0) is 24.3 Å². The zero-order chi connectivity index (χ0) is 13.1. The molecule has 4 nitrogen and oxygen atoms in total. The summed E-state index contributed by atoms with van der Waals surface area (Å²) in [6, 6.07) is 8.05. The first-order valence-electron chi connectivity index (χ1n) is 5.85. The van der Waals surface area contributed by atoms with Crippen molar-refractivity contribution in [2.45, 2.75) is 0 Å². The maximum Gasteiger partial charge on any atom is 0.137 e. The molecule has 0 bridgehead atoms.